The van der Waals surface area contributed by atoms with E-state index in [9.17, 15) is 36.4 Å². The number of hydrogen-bond acceptors (Lipinski definition) is 3. The molecule has 10 heteroatoms. The Balaban J connectivity index is 2.13. The van der Waals surface area contributed by atoms with E-state index in [1.807, 2.05) is 0 Å². The number of nitrogens with one attached hydrogen (secondary N) is 1. The molecule has 0 bridgehead atoms. The van der Waals surface area contributed by atoms with Crippen molar-refractivity contribution in [3.63, 3.8) is 0 Å². The van der Waals surface area contributed by atoms with Gasteiger partial charge in [-0.15, -0.1) is 0 Å². The highest BCUT2D eigenvalue weighted by Crippen LogP contribution is 2.36. The Morgan fingerprint density at radius 1 is 1.00 bits per heavy atom. The quantitative estimate of drug-likeness (QED) is 0.712. The summed E-state index contributed by atoms with van der Waals surface area (Å²) in [5, 5.41) is 11.6. The molecule has 0 fully saturated rings. The van der Waals surface area contributed by atoms with Crippen LogP contribution in [0.5, 0.6) is 5.75 Å². The summed E-state index contributed by atoms with van der Waals surface area (Å²) in [6, 6.07) is 9.34. The number of alkyl halides is 6. The third kappa shape index (κ3) is 5.63. The molecular weight excluding hydrogens is 402 g/mol. The summed E-state index contributed by atoms with van der Waals surface area (Å²) in [4.78, 5) is 12.2. The van der Waals surface area contributed by atoms with Crippen LogP contribution in [0.3, 0.4) is 0 Å². The van der Waals surface area contributed by atoms with Crippen LogP contribution in [0.15, 0.2) is 48.5 Å². The van der Waals surface area contributed by atoms with Crippen LogP contribution >= 0.6 is 0 Å². The first kappa shape index (κ1) is 22.1. The van der Waals surface area contributed by atoms with Crippen molar-refractivity contribution >= 4 is 5.91 Å². The van der Waals surface area contributed by atoms with Crippen LogP contribution in [-0.2, 0) is 12.4 Å². The van der Waals surface area contributed by atoms with E-state index < -0.39 is 47.3 Å². The van der Waals surface area contributed by atoms with E-state index in [4.69, 9.17) is 4.74 Å². The van der Waals surface area contributed by atoms with E-state index in [1.165, 1.54) is 19.1 Å². The zero-order valence-electron chi connectivity index (χ0n) is 14.9. The second kappa shape index (κ2) is 8.03. The first-order valence-corrected chi connectivity index (χ1v) is 8.06. The normalized spacial score (nSPS) is 13.9. The fourth-order valence-corrected chi connectivity index (χ4v) is 2.28. The van der Waals surface area contributed by atoms with Gasteiger partial charge in [-0.1, -0.05) is 12.1 Å². The van der Waals surface area contributed by atoms with Crippen molar-refractivity contribution < 1.29 is 35.9 Å². The fraction of sp³-hybridized carbons (Fsp3) is 0.263. The summed E-state index contributed by atoms with van der Waals surface area (Å²) in [5.41, 5.74) is -3.90. The van der Waals surface area contributed by atoms with Gasteiger partial charge in [0.15, 0.2) is 5.54 Å². The van der Waals surface area contributed by atoms with E-state index in [1.54, 1.807) is 6.07 Å². The standard InChI is InChI=1S/C19H14F6N2O2/c1-17(10-26,11-29-15-5-3-2-4-14(15)19(23,24)25)27-16(28)12-6-8-13(9-7-12)18(20,21)22/h2-9H,11H2,1H3,(H,27,28). The van der Waals surface area contributed by atoms with Gasteiger partial charge >= 0.3 is 12.4 Å². The molecule has 2 aromatic rings. The molecular formula is C19H14F6N2O2. The third-order valence-electron chi connectivity index (χ3n) is 3.82. The zero-order valence-corrected chi connectivity index (χ0v) is 14.9. The largest absolute Gasteiger partial charge is 0.489 e. The Morgan fingerprint density at radius 2 is 1.59 bits per heavy atom. The number of carbonyl (C=O) groups is 1. The minimum absolute atomic E-state index is 0.157. The van der Waals surface area contributed by atoms with E-state index in [0.29, 0.717) is 12.1 Å². The molecule has 0 spiro atoms. The van der Waals surface area contributed by atoms with Gasteiger partial charge in [0.1, 0.15) is 12.4 Å². The highest BCUT2D eigenvalue weighted by atomic mass is 19.4. The van der Waals surface area contributed by atoms with Crippen LogP contribution in [0.1, 0.15) is 28.4 Å². The maximum atomic E-state index is 13.0. The van der Waals surface area contributed by atoms with Crippen LogP contribution < -0.4 is 10.1 Å². The number of benzene rings is 2. The van der Waals surface area contributed by atoms with Crippen molar-refractivity contribution in [1.82, 2.24) is 5.32 Å². The monoisotopic (exact) mass is 416 g/mol. The molecule has 0 aliphatic rings. The van der Waals surface area contributed by atoms with Crippen molar-refractivity contribution in [3.05, 3.63) is 65.2 Å². The van der Waals surface area contributed by atoms with Gasteiger partial charge in [0.05, 0.1) is 17.2 Å². The second-order valence-corrected chi connectivity index (χ2v) is 6.26. The van der Waals surface area contributed by atoms with Crippen molar-refractivity contribution in [2.24, 2.45) is 0 Å². The van der Waals surface area contributed by atoms with E-state index in [-0.39, 0.29) is 5.56 Å². The van der Waals surface area contributed by atoms with Crippen molar-refractivity contribution in [2.45, 2.75) is 24.8 Å². The highest BCUT2D eigenvalue weighted by molar-refractivity contribution is 5.95. The summed E-state index contributed by atoms with van der Waals surface area (Å²) in [6.07, 6.45) is -9.25. The number of carbonyl (C=O) groups excluding carboxylic acids is 1. The van der Waals surface area contributed by atoms with Gasteiger partial charge in [-0.2, -0.15) is 31.6 Å². The smallest absolute Gasteiger partial charge is 0.419 e. The van der Waals surface area contributed by atoms with E-state index >= 15 is 0 Å². The molecule has 0 radical (unpaired) electrons. The maximum Gasteiger partial charge on any atom is 0.419 e. The van der Waals surface area contributed by atoms with Gasteiger partial charge in [-0.05, 0) is 43.3 Å². The van der Waals surface area contributed by atoms with Crippen LogP contribution in [0.2, 0.25) is 0 Å². The van der Waals surface area contributed by atoms with Crippen LogP contribution in [-0.4, -0.2) is 18.1 Å². The van der Waals surface area contributed by atoms with Crippen LogP contribution in [0.4, 0.5) is 26.3 Å². The Kier molecular flexibility index (Phi) is 6.11. The van der Waals surface area contributed by atoms with Gasteiger partial charge in [-0.3, -0.25) is 4.79 Å². The summed E-state index contributed by atoms with van der Waals surface area (Å²) in [6.45, 7) is 0.591. The van der Waals surface area contributed by atoms with Gasteiger partial charge in [0.25, 0.3) is 5.91 Å². The number of amides is 1. The van der Waals surface area contributed by atoms with Crippen molar-refractivity contribution in [1.29, 1.82) is 5.26 Å². The summed E-state index contributed by atoms with van der Waals surface area (Å²) in [7, 11) is 0. The average Bonchev–Trinajstić information content (AvgIpc) is 2.65. The second-order valence-electron chi connectivity index (χ2n) is 6.26. The lowest BCUT2D eigenvalue weighted by atomic mass is 10.0. The molecule has 29 heavy (non-hydrogen) atoms. The molecule has 2 rings (SSSR count). The summed E-state index contributed by atoms with van der Waals surface area (Å²) >= 11 is 0. The lowest BCUT2D eigenvalue weighted by Crippen LogP contribution is -2.49. The third-order valence-corrected chi connectivity index (χ3v) is 3.82. The van der Waals surface area contributed by atoms with Gasteiger partial charge < -0.3 is 10.1 Å². The lowest BCUT2D eigenvalue weighted by Gasteiger charge is -2.24. The Bertz CT molecular complexity index is 916. The molecule has 0 aliphatic carbocycles. The molecule has 2 aromatic carbocycles. The Labute approximate surface area is 161 Å². The molecule has 1 unspecified atom stereocenters. The lowest BCUT2D eigenvalue weighted by molar-refractivity contribution is -0.139. The van der Waals surface area contributed by atoms with Crippen molar-refractivity contribution in [3.8, 4) is 11.8 Å². The average molecular weight is 416 g/mol. The molecule has 1 N–H and O–H groups in total. The maximum absolute atomic E-state index is 13.0. The number of para-hydroxylation sites is 1. The SMILES string of the molecule is CC(C#N)(COc1ccccc1C(F)(F)F)NC(=O)c1ccc(C(F)(F)F)cc1. The fourth-order valence-electron chi connectivity index (χ4n) is 2.28. The van der Waals surface area contributed by atoms with Gasteiger partial charge in [0, 0.05) is 5.56 Å². The molecule has 0 heterocycles. The predicted octanol–water partition coefficient (Wildman–Crippen LogP) is 4.82. The molecule has 0 aromatic heterocycles. The minimum Gasteiger partial charge on any atom is -0.489 e. The number of ether oxygens (including phenoxy) is 1. The molecule has 1 amide bonds. The van der Waals surface area contributed by atoms with Crippen LogP contribution in [0.25, 0.3) is 0 Å². The first-order valence-electron chi connectivity index (χ1n) is 8.06. The van der Waals surface area contributed by atoms with Crippen molar-refractivity contribution in [2.75, 3.05) is 6.61 Å². The minimum atomic E-state index is -4.68. The highest BCUT2D eigenvalue weighted by Gasteiger charge is 2.35. The molecule has 1 atom stereocenters. The van der Waals surface area contributed by atoms with Crippen LogP contribution in [0, 0.1) is 11.3 Å². The number of nitriles is 1. The molecule has 154 valence electrons. The predicted molar refractivity (Wildman–Crippen MR) is 89.9 cm³/mol. The Hall–Kier alpha value is -3.22. The summed E-state index contributed by atoms with van der Waals surface area (Å²) in [5.74, 6) is -1.40. The van der Waals surface area contributed by atoms with E-state index in [0.717, 1.165) is 24.3 Å². The number of rotatable bonds is 5. The Morgan fingerprint density at radius 3 is 2.10 bits per heavy atom. The molecule has 4 nitrogen and oxygen atoms in total. The zero-order chi connectivity index (χ0) is 21.9. The van der Waals surface area contributed by atoms with E-state index in [2.05, 4.69) is 5.32 Å². The molecule has 0 aliphatic heterocycles. The van der Waals surface area contributed by atoms with Gasteiger partial charge in [0.2, 0.25) is 0 Å². The number of nitrogens with zero attached hydrogens (tertiary/aromatic N) is 1. The number of halogens is 6. The van der Waals surface area contributed by atoms with Gasteiger partial charge in [-0.25, -0.2) is 0 Å². The topological polar surface area (TPSA) is 62.1 Å². The first-order chi connectivity index (χ1) is 13.4. The molecule has 0 saturated carbocycles. The molecule has 0 saturated heterocycles. The number of hydrogen-bond donors (Lipinski definition) is 1. The summed E-state index contributed by atoms with van der Waals surface area (Å²) < 4.78 is 81.9.